The number of thiazole rings is 1. The number of hydrogen-bond donors (Lipinski definition) is 0. The van der Waals surface area contributed by atoms with Crippen LogP contribution in [0, 0.1) is 6.92 Å². The van der Waals surface area contributed by atoms with Crippen molar-refractivity contribution in [2.24, 2.45) is 0 Å². The molecule has 1 aliphatic heterocycles. The lowest BCUT2D eigenvalue weighted by atomic mass is 10.1. The quantitative estimate of drug-likeness (QED) is 0.357. The molecule has 0 fully saturated rings. The van der Waals surface area contributed by atoms with Crippen LogP contribution in [0.3, 0.4) is 0 Å². The van der Waals surface area contributed by atoms with Crippen LogP contribution in [0.1, 0.15) is 11.1 Å². The van der Waals surface area contributed by atoms with E-state index in [4.69, 9.17) is 4.42 Å². The summed E-state index contributed by atoms with van der Waals surface area (Å²) >= 11 is 4.61. The second-order valence-corrected chi connectivity index (χ2v) is 9.21. The Morgan fingerprint density at radius 1 is 1.13 bits per heavy atom. The van der Waals surface area contributed by atoms with Gasteiger partial charge in [0.15, 0.2) is 5.76 Å². The van der Waals surface area contributed by atoms with Gasteiger partial charge in [-0.3, -0.25) is 9.59 Å². The van der Waals surface area contributed by atoms with Gasteiger partial charge in [-0.2, -0.15) is 9.50 Å². The van der Waals surface area contributed by atoms with Crippen molar-refractivity contribution in [3.63, 3.8) is 0 Å². The summed E-state index contributed by atoms with van der Waals surface area (Å²) in [6.45, 7) is 1.94. The summed E-state index contributed by atoms with van der Waals surface area (Å²) in [5, 5.41) is 5.39. The maximum atomic E-state index is 13.2. The molecule has 0 saturated heterocycles. The highest BCUT2D eigenvalue weighted by atomic mass is 79.9. The molecule has 0 unspecified atom stereocenters. The Balaban J connectivity index is 1.59. The van der Waals surface area contributed by atoms with Crippen molar-refractivity contribution in [1.82, 2.24) is 14.6 Å². The molecule has 0 saturated carbocycles. The molecule has 0 aliphatic carbocycles. The Bertz CT molecular complexity index is 1680. The first-order valence-electron chi connectivity index (χ1n) is 9.44. The fraction of sp³-hybridized carbons (Fsp3) is 0.0909. The van der Waals surface area contributed by atoms with E-state index in [0.717, 1.165) is 43.6 Å². The molecule has 152 valence electrons. The number of carbonyl (C=O) groups excluding carboxylic acids is 1. The number of anilines is 1. The molecular formula is C22H13BrN4O3S. The van der Waals surface area contributed by atoms with E-state index in [1.165, 1.54) is 4.52 Å². The SMILES string of the molecule is Cc1c(-c2nc3s/c(=C4\C(=O)N(C)c5ccc(Br)cc54)c(=O)n3n2)oc2ccccc12. The molecule has 0 spiro atoms. The molecule has 0 N–H and O–H groups in total. The van der Waals surface area contributed by atoms with Crippen molar-refractivity contribution >= 4 is 60.4 Å². The zero-order valence-electron chi connectivity index (χ0n) is 16.3. The highest BCUT2D eigenvalue weighted by Crippen LogP contribution is 2.36. The molecule has 3 aromatic heterocycles. The number of furan rings is 1. The molecule has 0 bridgehead atoms. The number of aryl methyl sites for hydroxylation is 1. The van der Waals surface area contributed by atoms with Crippen molar-refractivity contribution in [2.45, 2.75) is 6.92 Å². The number of amides is 1. The standard InChI is InChI=1S/C22H13BrN4O3S/c1-10-12-5-3-4-6-15(12)30-17(10)19-24-22-27(25-19)21(29)18(31-22)16-13-9-11(23)7-8-14(13)26(2)20(16)28/h3-9H,1-2H3/b18-16-. The Labute approximate surface area is 187 Å². The monoisotopic (exact) mass is 492 g/mol. The van der Waals surface area contributed by atoms with E-state index in [1.54, 1.807) is 11.9 Å². The lowest BCUT2D eigenvalue weighted by molar-refractivity contribution is -0.112. The van der Waals surface area contributed by atoms with Crippen molar-refractivity contribution in [2.75, 3.05) is 11.9 Å². The summed E-state index contributed by atoms with van der Waals surface area (Å²) in [6.07, 6.45) is 0. The molecule has 7 nitrogen and oxygen atoms in total. The largest absolute Gasteiger partial charge is 0.452 e. The summed E-state index contributed by atoms with van der Waals surface area (Å²) in [4.78, 5) is 32.6. The summed E-state index contributed by atoms with van der Waals surface area (Å²) in [7, 11) is 1.70. The number of likely N-dealkylation sites (N-methyl/N-ethyl adjacent to an activating group) is 1. The van der Waals surface area contributed by atoms with Gasteiger partial charge in [-0.1, -0.05) is 45.5 Å². The fourth-order valence-electron chi connectivity index (χ4n) is 3.98. The second-order valence-electron chi connectivity index (χ2n) is 7.32. The lowest BCUT2D eigenvalue weighted by Crippen LogP contribution is -2.30. The lowest BCUT2D eigenvalue weighted by Gasteiger charge is -2.08. The van der Waals surface area contributed by atoms with Gasteiger partial charge in [-0.25, -0.2) is 0 Å². The molecule has 9 heteroatoms. The first kappa shape index (κ1) is 18.5. The van der Waals surface area contributed by atoms with Crippen LogP contribution in [-0.2, 0) is 4.79 Å². The van der Waals surface area contributed by atoms with Crippen LogP contribution in [0.5, 0.6) is 0 Å². The minimum Gasteiger partial charge on any atom is -0.452 e. The Morgan fingerprint density at radius 3 is 2.71 bits per heavy atom. The zero-order chi connectivity index (χ0) is 21.4. The van der Waals surface area contributed by atoms with Gasteiger partial charge in [0, 0.05) is 28.0 Å². The fourth-order valence-corrected chi connectivity index (χ4v) is 5.34. The van der Waals surface area contributed by atoms with Crippen molar-refractivity contribution in [1.29, 1.82) is 0 Å². The highest BCUT2D eigenvalue weighted by Gasteiger charge is 2.32. The van der Waals surface area contributed by atoms with Crippen LogP contribution >= 0.6 is 27.3 Å². The third kappa shape index (κ3) is 2.50. The normalized spacial score (nSPS) is 15.5. The smallest absolute Gasteiger partial charge is 0.291 e. The van der Waals surface area contributed by atoms with E-state index >= 15 is 0 Å². The Hall–Kier alpha value is -3.30. The van der Waals surface area contributed by atoms with E-state index in [2.05, 4.69) is 26.0 Å². The minimum atomic E-state index is -0.364. The average molecular weight is 493 g/mol. The number of carbonyl (C=O) groups is 1. The number of aromatic nitrogens is 3. The van der Waals surface area contributed by atoms with Crippen LogP contribution in [0.2, 0.25) is 0 Å². The Kier molecular flexibility index (Phi) is 3.78. The van der Waals surface area contributed by atoms with Gasteiger partial charge in [-0.05, 0) is 31.2 Å². The summed E-state index contributed by atoms with van der Waals surface area (Å²) in [6, 6.07) is 13.3. The molecule has 0 radical (unpaired) electrons. The predicted molar refractivity (Wildman–Crippen MR) is 122 cm³/mol. The van der Waals surface area contributed by atoms with E-state index in [-0.39, 0.29) is 11.5 Å². The number of rotatable bonds is 1. The number of fused-ring (bicyclic) bond motifs is 3. The molecule has 0 atom stereocenters. The van der Waals surface area contributed by atoms with Crippen LogP contribution in [0.15, 0.2) is 56.1 Å². The number of nitrogens with zero attached hydrogens (tertiary/aromatic N) is 4. The van der Waals surface area contributed by atoms with Crippen LogP contribution in [0.4, 0.5) is 5.69 Å². The van der Waals surface area contributed by atoms with Gasteiger partial charge in [0.1, 0.15) is 10.1 Å². The molecule has 6 rings (SSSR count). The Morgan fingerprint density at radius 2 is 1.94 bits per heavy atom. The third-order valence-corrected chi connectivity index (χ3v) is 7.06. The van der Waals surface area contributed by atoms with E-state index in [1.807, 2.05) is 49.4 Å². The number of para-hydroxylation sites is 1. The third-order valence-electron chi connectivity index (χ3n) is 5.54. The first-order chi connectivity index (χ1) is 14.9. The van der Waals surface area contributed by atoms with Crippen molar-refractivity contribution in [3.8, 4) is 11.6 Å². The first-order valence-corrected chi connectivity index (χ1v) is 11.1. The average Bonchev–Trinajstić information content (AvgIpc) is 3.46. The van der Waals surface area contributed by atoms with Gasteiger partial charge in [-0.15, -0.1) is 5.10 Å². The number of hydrogen-bond acceptors (Lipinski definition) is 6. The molecular weight excluding hydrogens is 480 g/mol. The van der Waals surface area contributed by atoms with E-state index in [9.17, 15) is 9.59 Å². The van der Waals surface area contributed by atoms with Gasteiger partial charge < -0.3 is 9.32 Å². The second kappa shape index (κ2) is 6.35. The predicted octanol–water partition coefficient (Wildman–Crippen LogP) is 3.53. The van der Waals surface area contributed by atoms with Crippen molar-refractivity contribution < 1.29 is 9.21 Å². The molecule has 31 heavy (non-hydrogen) atoms. The zero-order valence-corrected chi connectivity index (χ0v) is 18.7. The van der Waals surface area contributed by atoms with Gasteiger partial charge in [0.2, 0.25) is 10.8 Å². The maximum absolute atomic E-state index is 13.2. The molecule has 1 amide bonds. The number of halogens is 1. The van der Waals surface area contributed by atoms with Crippen LogP contribution in [-0.4, -0.2) is 27.6 Å². The van der Waals surface area contributed by atoms with Crippen molar-refractivity contribution in [3.05, 3.63) is 73.0 Å². The molecule has 2 aromatic carbocycles. The maximum Gasteiger partial charge on any atom is 0.291 e. The van der Waals surface area contributed by atoms with E-state index < -0.39 is 0 Å². The number of benzene rings is 2. The summed E-state index contributed by atoms with van der Waals surface area (Å²) in [5.41, 5.74) is 3.16. The molecule has 1 aliphatic rings. The van der Waals surface area contributed by atoms with Crippen LogP contribution < -0.4 is 15.0 Å². The minimum absolute atomic E-state index is 0.219. The molecule has 5 aromatic rings. The summed E-state index contributed by atoms with van der Waals surface area (Å²) in [5.74, 6) is 0.673. The molecule has 4 heterocycles. The van der Waals surface area contributed by atoms with E-state index in [0.29, 0.717) is 26.7 Å². The topological polar surface area (TPSA) is 80.7 Å². The highest BCUT2D eigenvalue weighted by molar-refractivity contribution is 9.10. The van der Waals surface area contributed by atoms with Gasteiger partial charge in [0.05, 0.1) is 11.3 Å². The summed E-state index contributed by atoms with van der Waals surface area (Å²) < 4.78 is 8.35. The van der Waals surface area contributed by atoms with Gasteiger partial charge >= 0.3 is 0 Å². The van der Waals surface area contributed by atoms with Gasteiger partial charge in [0.25, 0.3) is 11.5 Å². The van der Waals surface area contributed by atoms with Crippen LogP contribution in [0.25, 0.3) is 33.1 Å².